The number of methoxy groups -OCH3 is 1. The van der Waals surface area contributed by atoms with Crippen LogP contribution >= 0.6 is 11.3 Å². The van der Waals surface area contributed by atoms with Crippen LogP contribution in [0.4, 0.5) is 0 Å². The van der Waals surface area contributed by atoms with Crippen molar-refractivity contribution in [3.05, 3.63) is 82.1 Å². The van der Waals surface area contributed by atoms with E-state index >= 15 is 0 Å². The molecule has 31 heavy (non-hydrogen) atoms. The van der Waals surface area contributed by atoms with Crippen LogP contribution in [0, 0.1) is 0 Å². The molecule has 0 spiro atoms. The molecule has 5 nitrogen and oxygen atoms in total. The van der Waals surface area contributed by atoms with E-state index in [0.717, 1.165) is 39.7 Å². The summed E-state index contributed by atoms with van der Waals surface area (Å²) in [4.78, 5) is 16.1. The Morgan fingerprint density at radius 3 is 2.71 bits per heavy atom. The Labute approximate surface area is 186 Å². The van der Waals surface area contributed by atoms with Crippen molar-refractivity contribution >= 4 is 23.3 Å². The van der Waals surface area contributed by atoms with Gasteiger partial charge in [-0.3, -0.25) is 4.79 Å². The van der Waals surface area contributed by atoms with Crippen LogP contribution in [0.25, 0.3) is 6.08 Å². The van der Waals surface area contributed by atoms with Gasteiger partial charge >= 0.3 is 0 Å². The maximum absolute atomic E-state index is 13.1. The highest BCUT2D eigenvalue weighted by molar-refractivity contribution is 7.09. The van der Waals surface area contributed by atoms with E-state index in [1.54, 1.807) is 24.5 Å². The second kappa shape index (κ2) is 10.2. The van der Waals surface area contributed by atoms with E-state index in [9.17, 15) is 4.79 Å². The molecule has 1 amide bonds. The summed E-state index contributed by atoms with van der Waals surface area (Å²) in [5.41, 5.74) is 1.87. The van der Waals surface area contributed by atoms with Crippen LogP contribution in [-0.2, 0) is 17.9 Å². The smallest absolute Gasteiger partial charge is 0.247 e. The molecule has 0 saturated carbocycles. The van der Waals surface area contributed by atoms with Gasteiger partial charge in [0.05, 0.1) is 26.9 Å². The molecule has 2 aromatic carbocycles. The number of amides is 1. The number of fused-ring (bicyclic) bond motifs is 1. The van der Waals surface area contributed by atoms with Gasteiger partial charge < -0.3 is 19.1 Å². The SMILES string of the molecule is COc1ccccc1CN(Cc1cccs1)C(=O)/C=C/c1ccc2c(c1)OCCCO2. The van der Waals surface area contributed by atoms with Crippen LogP contribution in [0.1, 0.15) is 22.4 Å². The minimum Gasteiger partial charge on any atom is -0.496 e. The molecule has 2 heterocycles. The van der Waals surface area contributed by atoms with E-state index in [0.29, 0.717) is 26.3 Å². The van der Waals surface area contributed by atoms with Gasteiger partial charge in [-0.25, -0.2) is 0 Å². The number of nitrogens with zero attached hydrogens (tertiary/aromatic N) is 1. The van der Waals surface area contributed by atoms with Crippen LogP contribution in [0.3, 0.4) is 0 Å². The Bertz CT molecular complexity index is 1050. The van der Waals surface area contributed by atoms with Gasteiger partial charge in [0.2, 0.25) is 5.91 Å². The molecule has 3 aromatic rings. The summed E-state index contributed by atoms with van der Waals surface area (Å²) in [7, 11) is 1.65. The van der Waals surface area contributed by atoms with Crippen molar-refractivity contribution in [1.29, 1.82) is 0 Å². The maximum atomic E-state index is 13.1. The summed E-state index contributed by atoms with van der Waals surface area (Å²) in [6, 6.07) is 17.6. The Morgan fingerprint density at radius 2 is 1.90 bits per heavy atom. The van der Waals surface area contributed by atoms with Crippen molar-refractivity contribution in [3.63, 3.8) is 0 Å². The lowest BCUT2D eigenvalue weighted by molar-refractivity contribution is -0.127. The molecule has 0 unspecified atom stereocenters. The molecule has 0 fully saturated rings. The number of thiophene rings is 1. The fourth-order valence-electron chi connectivity index (χ4n) is 3.40. The molecule has 0 saturated heterocycles. The average Bonchev–Trinajstić information content (AvgIpc) is 3.20. The third-order valence-corrected chi connectivity index (χ3v) is 5.84. The first-order chi connectivity index (χ1) is 15.2. The standard InChI is InChI=1S/C25H25NO4S/c1-28-22-8-3-2-6-20(22)17-26(18-21-7-4-15-31-21)25(27)12-10-19-9-11-23-24(16-19)30-14-5-13-29-23/h2-4,6-12,15-16H,5,13-14,17-18H2,1H3/b12-10+. The molecule has 1 aliphatic rings. The van der Waals surface area contributed by atoms with E-state index < -0.39 is 0 Å². The van der Waals surface area contributed by atoms with Gasteiger partial charge in [0, 0.05) is 29.5 Å². The summed E-state index contributed by atoms with van der Waals surface area (Å²) < 4.78 is 16.9. The first kappa shape index (κ1) is 21.0. The van der Waals surface area contributed by atoms with Crippen molar-refractivity contribution in [3.8, 4) is 17.2 Å². The van der Waals surface area contributed by atoms with E-state index in [4.69, 9.17) is 14.2 Å². The lowest BCUT2D eigenvalue weighted by Gasteiger charge is -2.22. The summed E-state index contributed by atoms with van der Waals surface area (Å²) in [6.45, 7) is 2.29. The molecule has 160 valence electrons. The Hall–Kier alpha value is -3.25. The number of benzene rings is 2. The minimum atomic E-state index is -0.0635. The molecule has 0 N–H and O–H groups in total. The van der Waals surface area contributed by atoms with Gasteiger partial charge in [-0.15, -0.1) is 11.3 Å². The number of para-hydroxylation sites is 1. The normalized spacial score (nSPS) is 13.1. The summed E-state index contributed by atoms with van der Waals surface area (Å²) in [6.07, 6.45) is 4.29. The van der Waals surface area contributed by atoms with Gasteiger partial charge in [0.25, 0.3) is 0 Å². The highest BCUT2D eigenvalue weighted by Gasteiger charge is 2.16. The topological polar surface area (TPSA) is 48.0 Å². The summed E-state index contributed by atoms with van der Waals surface area (Å²) in [5, 5.41) is 2.02. The van der Waals surface area contributed by atoms with Crippen LogP contribution in [0.2, 0.25) is 0 Å². The molecule has 6 heteroatoms. The van der Waals surface area contributed by atoms with E-state index in [1.165, 1.54) is 0 Å². The fraction of sp³-hybridized carbons (Fsp3) is 0.240. The van der Waals surface area contributed by atoms with Crippen molar-refractivity contribution in [2.24, 2.45) is 0 Å². The summed E-state index contributed by atoms with van der Waals surface area (Å²) in [5.74, 6) is 2.18. The Balaban J connectivity index is 1.53. The van der Waals surface area contributed by atoms with Crippen LogP contribution in [-0.4, -0.2) is 31.1 Å². The van der Waals surface area contributed by atoms with Crippen molar-refractivity contribution in [2.45, 2.75) is 19.5 Å². The third kappa shape index (κ3) is 5.47. The summed E-state index contributed by atoms with van der Waals surface area (Å²) >= 11 is 1.64. The van der Waals surface area contributed by atoms with Gasteiger partial charge in [-0.05, 0) is 41.3 Å². The molecular weight excluding hydrogens is 410 g/mol. The lowest BCUT2D eigenvalue weighted by atomic mass is 10.1. The van der Waals surface area contributed by atoms with E-state index in [-0.39, 0.29) is 5.91 Å². The Morgan fingerprint density at radius 1 is 1.06 bits per heavy atom. The Kier molecular flexibility index (Phi) is 6.89. The molecule has 0 bridgehead atoms. The second-order valence-corrected chi connectivity index (χ2v) is 8.21. The van der Waals surface area contributed by atoms with E-state index in [2.05, 4.69) is 0 Å². The monoisotopic (exact) mass is 435 g/mol. The first-order valence-electron chi connectivity index (χ1n) is 10.2. The molecule has 4 rings (SSSR count). The van der Waals surface area contributed by atoms with Crippen LogP contribution in [0.5, 0.6) is 17.2 Å². The van der Waals surface area contributed by atoms with Crippen molar-refractivity contribution in [2.75, 3.05) is 20.3 Å². The van der Waals surface area contributed by atoms with Crippen molar-refractivity contribution < 1.29 is 19.0 Å². The second-order valence-electron chi connectivity index (χ2n) is 7.18. The predicted molar refractivity (Wildman–Crippen MR) is 123 cm³/mol. The number of hydrogen-bond donors (Lipinski definition) is 0. The number of carbonyl (C=O) groups is 1. The average molecular weight is 436 g/mol. The number of ether oxygens (including phenoxy) is 3. The maximum Gasteiger partial charge on any atom is 0.247 e. The first-order valence-corrected chi connectivity index (χ1v) is 11.1. The molecule has 0 radical (unpaired) electrons. The zero-order valence-electron chi connectivity index (χ0n) is 17.5. The van der Waals surface area contributed by atoms with Crippen LogP contribution < -0.4 is 14.2 Å². The minimum absolute atomic E-state index is 0.0635. The van der Waals surface area contributed by atoms with Gasteiger partial charge in [-0.1, -0.05) is 30.3 Å². The lowest BCUT2D eigenvalue weighted by Crippen LogP contribution is -2.28. The fourth-order valence-corrected chi connectivity index (χ4v) is 4.12. The number of rotatable bonds is 7. The van der Waals surface area contributed by atoms with Gasteiger partial charge in [0.1, 0.15) is 5.75 Å². The zero-order valence-corrected chi connectivity index (χ0v) is 18.3. The highest BCUT2D eigenvalue weighted by atomic mass is 32.1. The molecular formula is C25H25NO4S. The zero-order chi connectivity index (χ0) is 21.5. The molecule has 0 aliphatic carbocycles. The molecule has 0 atom stereocenters. The third-order valence-electron chi connectivity index (χ3n) is 4.98. The van der Waals surface area contributed by atoms with Crippen LogP contribution in [0.15, 0.2) is 66.1 Å². The largest absolute Gasteiger partial charge is 0.496 e. The quantitative estimate of drug-likeness (QED) is 0.481. The number of carbonyl (C=O) groups excluding carboxylic acids is 1. The highest BCUT2D eigenvalue weighted by Crippen LogP contribution is 2.31. The van der Waals surface area contributed by atoms with Crippen molar-refractivity contribution in [1.82, 2.24) is 4.90 Å². The number of hydrogen-bond acceptors (Lipinski definition) is 5. The molecule has 1 aliphatic heterocycles. The van der Waals surface area contributed by atoms with E-state index in [1.807, 2.05) is 71.0 Å². The molecule has 1 aromatic heterocycles. The van der Waals surface area contributed by atoms with Gasteiger partial charge in [-0.2, -0.15) is 0 Å². The van der Waals surface area contributed by atoms with Gasteiger partial charge in [0.15, 0.2) is 11.5 Å². The predicted octanol–water partition coefficient (Wildman–Crippen LogP) is 5.16.